The number of hydrogen-bond donors (Lipinski definition) is 2. The van der Waals surface area contributed by atoms with E-state index >= 15 is 0 Å². The topological polar surface area (TPSA) is 54.0 Å². The molecule has 0 aliphatic heterocycles. The average molecular weight is 320 g/mol. The normalized spacial score (nSPS) is 9.95. The van der Waals surface area contributed by atoms with Gasteiger partial charge in [-0.05, 0) is 33.6 Å². The third-order valence-electron chi connectivity index (χ3n) is 2.49. The molecule has 1 aromatic carbocycles. The van der Waals surface area contributed by atoms with E-state index in [1.54, 1.807) is 6.20 Å². The van der Waals surface area contributed by atoms with Crippen LogP contribution in [0.4, 0.5) is 5.82 Å². The Kier molecular flexibility index (Phi) is 4.92. The van der Waals surface area contributed by atoms with Crippen LogP contribution in [-0.4, -0.2) is 17.4 Å². The first-order valence-electron chi connectivity index (χ1n) is 5.90. The SMILES string of the molecule is O=C(CNc1ccc(Br)cn1)NCc1ccccc1. The van der Waals surface area contributed by atoms with Crippen molar-refractivity contribution in [2.24, 2.45) is 0 Å². The number of nitrogens with zero attached hydrogens (tertiary/aromatic N) is 1. The van der Waals surface area contributed by atoms with Crippen LogP contribution in [0.2, 0.25) is 0 Å². The van der Waals surface area contributed by atoms with E-state index in [1.807, 2.05) is 42.5 Å². The van der Waals surface area contributed by atoms with E-state index in [2.05, 4.69) is 31.5 Å². The molecule has 0 fully saturated rings. The number of pyridine rings is 1. The number of halogens is 1. The molecule has 1 aromatic heterocycles. The number of carbonyl (C=O) groups is 1. The van der Waals surface area contributed by atoms with Gasteiger partial charge < -0.3 is 10.6 Å². The Morgan fingerprint density at radius 1 is 1.16 bits per heavy atom. The summed E-state index contributed by atoms with van der Waals surface area (Å²) in [5.41, 5.74) is 1.08. The zero-order valence-corrected chi connectivity index (χ0v) is 11.9. The zero-order valence-electron chi connectivity index (χ0n) is 10.3. The summed E-state index contributed by atoms with van der Waals surface area (Å²) in [5.74, 6) is 0.617. The maximum atomic E-state index is 11.6. The highest BCUT2D eigenvalue weighted by Gasteiger charge is 2.01. The second kappa shape index (κ2) is 6.89. The molecule has 0 aliphatic rings. The Balaban J connectivity index is 1.74. The second-order valence-electron chi connectivity index (χ2n) is 3.98. The van der Waals surface area contributed by atoms with Gasteiger partial charge in [-0.2, -0.15) is 0 Å². The molecule has 0 spiro atoms. The number of benzene rings is 1. The van der Waals surface area contributed by atoms with E-state index < -0.39 is 0 Å². The molecule has 0 bridgehead atoms. The molecule has 4 nitrogen and oxygen atoms in total. The number of amides is 1. The highest BCUT2D eigenvalue weighted by molar-refractivity contribution is 9.10. The molecule has 1 amide bonds. The summed E-state index contributed by atoms with van der Waals surface area (Å²) in [6.07, 6.45) is 1.68. The predicted octanol–water partition coefficient (Wildman–Crippen LogP) is 2.57. The molecule has 1 heterocycles. The molecule has 0 saturated carbocycles. The van der Waals surface area contributed by atoms with Gasteiger partial charge in [0.25, 0.3) is 0 Å². The molecular weight excluding hydrogens is 306 g/mol. The summed E-state index contributed by atoms with van der Waals surface area (Å²) in [4.78, 5) is 15.8. The number of rotatable bonds is 5. The fraction of sp³-hybridized carbons (Fsp3) is 0.143. The first-order valence-corrected chi connectivity index (χ1v) is 6.69. The van der Waals surface area contributed by atoms with Crippen molar-refractivity contribution in [2.75, 3.05) is 11.9 Å². The average Bonchev–Trinajstić information content (AvgIpc) is 2.45. The number of aromatic nitrogens is 1. The lowest BCUT2D eigenvalue weighted by atomic mass is 10.2. The molecule has 0 saturated heterocycles. The Bertz CT molecular complexity index is 528. The molecule has 19 heavy (non-hydrogen) atoms. The van der Waals surface area contributed by atoms with E-state index in [0.29, 0.717) is 12.4 Å². The van der Waals surface area contributed by atoms with E-state index in [-0.39, 0.29) is 12.5 Å². The van der Waals surface area contributed by atoms with E-state index in [0.717, 1.165) is 10.0 Å². The first kappa shape index (κ1) is 13.5. The Morgan fingerprint density at radius 2 is 1.95 bits per heavy atom. The highest BCUT2D eigenvalue weighted by Crippen LogP contribution is 2.09. The van der Waals surface area contributed by atoms with Gasteiger partial charge in [-0.3, -0.25) is 4.79 Å². The van der Waals surface area contributed by atoms with E-state index in [9.17, 15) is 4.79 Å². The summed E-state index contributed by atoms with van der Waals surface area (Å²) in [6, 6.07) is 13.5. The lowest BCUT2D eigenvalue weighted by Gasteiger charge is -2.07. The van der Waals surface area contributed by atoms with Crippen molar-refractivity contribution in [3.8, 4) is 0 Å². The van der Waals surface area contributed by atoms with Crippen LogP contribution in [-0.2, 0) is 11.3 Å². The molecule has 0 unspecified atom stereocenters. The maximum absolute atomic E-state index is 11.6. The van der Waals surface area contributed by atoms with Gasteiger partial charge in [-0.25, -0.2) is 4.98 Å². The number of anilines is 1. The minimum atomic E-state index is -0.0615. The summed E-state index contributed by atoms with van der Waals surface area (Å²) >= 11 is 3.31. The fourth-order valence-electron chi connectivity index (χ4n) is 1.51. The second-order valence-corrected chi connectivity index (χ2v) is 4.89. The van der Waals surface area contributed by atoms with Crippen molar-refractivity contribution in [3.63, 3.8) is 0 Å². The van der Waals surface area contributed by atoms with Gasteiger partial charge in [0.1, 0.15) is 5.82 Å². The standard InChI is InChI=1S/C14H14BrN3O/c15-12-6-7-13(16-9-12)17-10-14(19)18-8-11-4-2-1-3-5-11/h1-7,9H,8,10H2,(H,16,17)(H,18,19). The van der Waals surface area contributed by atoms with Crippen molar-refractivity contribution in [3.05, 3.63) is 58.7 Å². The molecular formula is C14H14BrN3O. The van der Waals surface area contributed by atoms with Crippen LogP contribution in [0.25, 0.3) is 0 Å². The lowest BCUT2D eigenvalue weighted by molar-refractivity contribution is -0.119. The van der Waals surface area contributed by atoms with Gasteiger partial charge in [-0.15, -0.1) is 0 Å². The van der Waals surface area contributed by atoms with Gasteiger partial charge in [-0.1, -0.05) is 30.3 Å². The van der Waals surface area contributed by atoms with Gasteiger partial charge in [0.2, 0.25) is 5.91 Å². The summed E-state index contributed by atoms with van der Waals surface area (Å²) in [6.45, 7) is 0.747. The summed E-state index contributed by atoms with van der Waals surface area (Å²) in [5, 5.41) is 5.81. The van der Waals surface area contributed by atoms with Gasteiger partial charge >= 0.3 is 0 Å². The van der Waals surface area contributed by atoms with Crippen molar-refractivity contribution in [2.45, 2.75) is 6.54 Å². The van der Waals surface area contributed by atoms with E-state index in [4.69, 9.17) is 0 Å². The monoisotopic (exact) mass is 319 g/mol. The Morgan fingerprint density at radius 3 is 2.63 bits per heavy atom. The van der Waals surface area contributed by atoms with Gasteiger partial charge in [0.15, 0.2) is 0 Å². The molecule has 0 atom stereocenters. The van der Waals surface area contributed by atoms with Crippen molar-refractivity contribution in [1.82, 2.24) is 10.3 Å². The van der Waals surface area contributed by atoms with Crippen molar-refractivity contribution >= 4 is 27.7 Å². The highest BCUT2D eigenvalue weighted by atomic mass is 79.9. The van der Waals surface area contributed by atoms with Crippen LogP contribution in [0.3, 0.4) is 0 Å². The van der Waals surface area contributed by atoms with Crippen LogP contribution in [0.15, 0.2) is 53.1 Å². The Hall–Kier alpha value is -1.88. The predicted molar refractivity (Wildman–Crippen MR) is 78.7 cm³/mol. The van der Waals surface area contributed by atoms with Crippen molar-refractivity contribution < 1.29 is 4.79 Å². The largest absolute Gasteiger partial charge is 0.361 e. The molecule has 2 aromatic rings. The number of nitrogens with one attached hydrogen (secondary N) is 2. The van der Waals surface area contributed by atoms with Crippen LogP contribution >= 0.6 is 15.9 Å². The van der Waals surface area contributed by atoms with Crippen LogP contribution in [0, 0.1) is 0 Å². The number of hydrogen-bond acceptors (Lipinski definition) is 3. The minimum Gasteiger partial charge on any atom is -0.361 e. The zero-order chi connectivity index (χ0) is 13.5. The quantitative estimate of drug-likeness (QED) is 0.890. The van der Waals surface area contributed by atoms with E-state index in [1.165, 1.54) is 0 Å². The summed E-state index contributed by atoms with van der Waals surface area (Å²) in [7, 11) is 0. The van der Waals surface area contributed by atoms with Gasteiger partial charge in [0.05, 0.1) is 6.54 Å². The first-order chi connectivity index (χ1) is 9.24. The molecule has 0 radical (unpaired) electrons. The number of carbonyl (C=O) groups excluding carboxylic acids is 1. The third kappa shape index (κ3) is 4.71. The maximum Gasteiger partial charge on any atom is 0.239 e. The third-order valence-corrected chi connectivity index (χ3v) is 2.96. The smallest absolute Gasteiger partial charge is 0.239 e. The van der Waals surface area contributed by atoms with Gasteiger partial charge in [0, 0.05) is 17.2 Å². The molecule has 0 aliphatic carbocycles. The van der Waals surface area contributed by atoms with Crippen LogP contribution in [0.1, 0.15) is 5.56 Å². The molecule has 98 valence electrons. The molecule has 5 heteroatoms. The van der Waals surface area contributed by atoms with Crippen molar-refractivity contribution in [1.29, 1.82) is 0 Å². The molecule has 2 N–H and O–H groups in total. The van der Waals surface area contributed by atoms with Crippen LogP contribution in [0.5, 0.6) is 0 Å². The molecule has 2 rings (SSSR count). The summed E-state index contributed by atoms with van der Waals surface area (Å²) < 4.78 is 0.909. The Labute approximate surface area is 120 Å². The van der Waals surface area contributed by atoms with Crippen LogP contribution < -0.4 is 10.6 Å². The fourth-order valence-corrected chi connectivity index (χ4v) is 1.74. The minimum absolute atomic E-state index is 0.0615. The lowest BCUT2D eigenvalue weighted by Crippen LogP contribution is -2.29.